The number of carbonyl (C=O) groups is 1. The van der Waals surface area contributed by atoms with Crippen LogP contribution in [0.1, 0.15) is 56.4 Å². The minimum Gasteiger partial charge on any atom is -0.376 e. The summed E-state index contributed by atoms with van der Waals surface area (Å²) < 4.78 is 70.6. The van der Waals surface area contributed by atoms with Gasteiger partial charge in [-0.15, -0.1) is 0 Å². The van der Waals surface area contributed by atoms with Crippen molar-refractivity contribution >= 4 is 15.9 Å². The number of alkyl halides is 3. The summed E-state index contributed by atoms with van der Waals surface area (Å²) in [5.74, 6) is -0.589. The third-order valence-corrected chi connectivity index (χ3v) is 7.00. The molecule has 1 aromatic carbocycles. The number of hydrogen-bond acceptors (Lipinski definition) is 4. The van der Waals surface area contributed by atoms with Crippen LogP contribution in [0, 0.1) is 0 Å². The predicted octanol–water partition coefficient (Wildman–Crippen LogP) is 3.59. The van der Waals surface area contributed by atoms with E-state index < -0.39 is 40.6 Å². The van der Waals surface area contributed by atoms with E-state index in [1.807, 2.05) is 18.2 Å². The van der Waals surface area contributed by atoms with Gasteiger partial charge in [0, 0.05) is 12.6 Å². The van der Waals surface area contributed by atoms with Gasteiger partial charge < -0.3 is 9.64 Å². The van der Waals surface area contributed by atoms with E-state index in [1.165, 1.54) is 5.56 Å². The number of hydrogen-bond donors (Lipinski definition) is 1. The molecule has 0 spiro atoms. The quantitative estimate of drug-likeness (QED) is 0.653. The molecule has 0 unspecified atom stereocenters. The van der Waals surface area contributed by atoms with Gasteiger partial charge >= 0.3 is 6.18 Å². The Bertz CT molecular complexity index is 856. The number of nitrogens with one attached hydrogen (secondary N) is 1. The maximum atomic E-state index is 12.8. The summed E-state index contributed by atoms with van der Waals surface area (Å²) in [5, 5.41) is 0. The maximum absolute atomic E-state index is 12.8. The molecular formula is C22H31F3N2O4S. The fraction of sp³-hybridized carbons (Fsp3) is 0.682. The van der Waals surface area contributed by atoms with E-state index >= 15 is 0 Å². The largest absolute Gasteiger partial charge is 0.397 e. The van der Waals surface area contributed by atoms with Crippen LogP contribution < -0.4 is 4.72 Å². The van der Waals surface area contributed by atoms with Gasteiger partial charge in [-0.2, -0.15) is 13.2 Å². The van der Waals surface area contributed by atoms with Crippen LogP contribution in [0.5, 0.6) is 0 Å². The van der Waals surface area contributed by atoms with Crippen LogP contribution in [0.3, 0.4) is 0 Å². The fourth-order valence-electron chi connectivity index (χ4n) is 4.78. The van der Waals surface area contributed by atoms with Gasteiger partial charge in [-0.05, 0) is 50.0 Å². The highest BCUT2D eigenvalue weighted by molar-refractivity contribution is 7.88. The van der Waals surface area contributed by atoms with E-state index in [0.29, 0.717) is 18.8 Å². The first kappa shape index (κ1) is 25.0. The molecule has 1 aliphatic heterocycles. The highest BCUT2D eigenvalue weighted by atomic mass is 32.2. The van der Waals surface area contributed by atoms with Crippen molar-refractivity contribution in [2.45, 2.75) is 75.2 Å². The number of sulfonamides is 1. The van der Waals surface area contributed by atoms with Crippen molar-refractivity contribution in [3.63, 3.8) is 0 Å². The minimum atomic E-state index is -4.62. The van der Waals surface area contributed by atoms with Crippen molar-refractivity contribution in [2.24, 2.45) is 0 Å². The highest BCUT2D eigenvalue weighted by Gasteiger charge is 2.40. The summed E-state index contributed by atoms with van der Waals surface area (Å²) in [6.45, 7) is 0.170. The SMILES string of the molecule is CS(=O)(=O)N[C@H]1CCCN(C(=O)CC(F)(F)F)[C@H]1CO[C@H]1CC[C@@H](c2ccccc2)CC1. The van der Waals surface area contributed by atoms with Crippen LogP contribution in [-0.2, 0) is 19.6 Å². The number of likely N-dealkylation sites (tertiary alicyclic amines) is 1. The predicted molar refractivity (Wildman–Crippen MR) is 115 cm³/mol. The summed E-state index contributed by atoms with van der Waals surface area (Å²) >= 11 is 0. The Morgan fingerprint density at radius 2 is 1.78 bits per heavy atom. The Balaban J connectivity index is 1.63. The van der Waals surface area contributed by atoms with Crippen molar-refractivity contribution in [1.82, 2.24) is 9.62 Å². The lowest BCUT2D eigenvalue weighted by Crippen LogP contribution is -2.59. The number of amides is 1. The number of carbonyl (C=O) groups excluding carboxylic acids is 1. The van der Waals surface area contributed by atoms with E-state index in [4.69, 9.17) is 4.74 Å². The second-order valence-electron chi connectivity index (χ2n) is 8.80. The molecule has 0 radical (unpaired) electrons. The summed E-state index contributed by atoms with van der Waals surface area (Å²) in [7, 11) is -3.59. The molecule has 2 fully saturated rings. The van der Waals surface area contributed by atoms with Gasteiger partial charge in [0.15, 0.2) is 0 Å². The van der Waals surface area contributed by atoms with Crippen molar-refractivity contribution in [3.05, 3.63) is 35.9 Å². The lowest BCUT2D eigenvalue weighted by Gasteiger charge is -2.42. The third-order valence-electron chi connectivity index (χ3n) is 6.26. The second-order valence-corrected chi connectivity index (χ2v) is 10.6. The lowest BCUT2D eigenvalue weighted by molar-refractivity contribution is -0.166. The molecule has 1 N–H and O–H groups in total. The Morgan fingerprint density at radius 1 is 1.12 bits per heavy atom. The minimum absolute atomic E-state index is 0.0114. The van der Waals surface area contributed by atoms with E-state index in [2.05, 4.69) is 16.9 Å². The average Bonchev–Trinajstić information content (AvgIpc) is 2.71. The van der Waals surface area contributed by atoms with E-state index in [0.717, 1.165) is 36.8 Å². The molecule has 2 aliphatic rings. The summed E-state index contributed by atoms with van der Waals surface area (Å²) in [5.41, 5.74) is 1.29. The van der Waals surface area contributed by atoms with Crippen molar-refractivity contribution < 1.29 is 31.1 Å². The van der Waals surface area contributed by atoms with Crippen LogP contribution >= 0.6 is 0 Å². The molecule has 1 aromatic rings. The van der Waals surface area contributed by atoms with Gasteiger partial charge in [-0.25, -0.2) is 13.1 Å². The Labute approximate surface area is 187 Å². The maximum Gasteiger partial charge on any atom is 0.397 e. The first-order valence-electron chi connectivity index (χ1n) is 11.0. The van der Waals surface area contributed by atoms with Gasteiger partial charge in [0.05, 0.1) is 25.0 Å². The summed E-state index contributed by atoms with van der Waals surface area (Å²) in [4.78, 5) is 13.5. The summed E-state index contributed by atoms with van der Waals surface area (Å²) in [6, 6.07) is 8.80. The third kappa shape index (κ3) is 7.45. The first-order chi connectivity index (χ1) is 15.0. The fourth-order valence-corrected chi connectivity index (χ4v) is 5.61. The summed E-state index contributed by atoms with van der Waals surface area (Å²) in [6.07, 6.45) is -0.843. The normalized spacial score (nSPS) is 27.3. The van der Waals surface area contributed by atoms with Gasteiger partial charge in [-0.1, -0.05) is 30.3 Å². The molecular weight excluding hydrogens is 445 g/mol. The molecule has 1 saturated heterocycles. The lowest BCUT2D eigenvalue weighted by atomic mass is 9.83. The zero-order valence-corrected chi connectivity index (χ0v) is 19.0. The monoisotopic (exact) mass is 476 g/mol. The first-order valence-corrected chi connectivity index (χ1v) is 12.9. The van der Waals surface area contributed by atoms with Gasteiger partial charge in [0.2, 0.25) is 15.9 Å². The molecule has 10 heteroatoms. The number of nitrogens with zero attached hydrogens (tertiary/aromatic N) is 1. The zero-order chi connectivity index (χ0) is 23.4. The van der Waals surface area contributed by atoms with Crippen LogP contribution in [0.2, 0.25) is 0 Å². The molecule has 1 amide bonds. The average molecular weight is 477 g/mol. The molecule has 6 nitrogen and oxygen atoms in total. The van der Waals surface area contributed by atoms with Gasteiger partial charge in [-0.3, -0.25) is 4.79 Å². The van der Waals surface area contributed by atoms with E-state index in [1.54, 1.807) is 0 Å². The van der Waals surface area contributed by atoms with Crippen LogP contribution in [0.4, 0.5) is 13.2 Å². The number of piperidine rings is 1. The molecule has 180 valence electrons. The van der Waals surface area contributed by atoms with E-state index in [-0.39, 0.29) is 19.3 Å². The standard InChI is InChI=1S/C22H31F3N2O4S/c1-32(29,30)26-19-8-5-13-27(21(28)14-22(23,24)25)20(19)15-31-18-11-9-17(10-12-18)16-6-3-2-4-7-16/h2-4,6-7,17-20,26H,5,8-15H2,1H3/t17-,18+,19-,20-/m0/s1. The molecule has 2 atom stereocenters. The Hall–Kier alpha value is -1.65. The Kier molecular flexibility index (Phi) is 8.21. The number of rotatable bonds is 7. The molecule has 32 heavy (non-hydrogen) atoms. The Morgan fingerprint density at radius 3 is 2.38 bits per heavy atom. The van der Waals surface area contributed by atoms with Gasteiger partial charge in [0.1, 0.15) is 6.42 Å². The molecule has 0 bridgehead atoms. The number of halogens is 3. The molecule has 1 heterocycles. The molecule has 1 saturated carbocycles. The molecule has 3 rings (SSSR count). The van der Waals surface area contributed by atoms with Crippen LogP contribution in [-0.4, -0.2) is 63.0 Å². The smallest absolute Gasteiger partial charge is 0.376 e. The van der Waals surface area contributed by atoms with Crippen molar-refractivity contribution in [2.75, 3.05) is 19.4 Å². The number of ether oxygens (including phenoxy) is 1. The molecule has 1 aliphatic carbocycles. The topological polar surface area (TPSA) is 75.7 Å². The second kappa shape index (κ2) is 10.5. The van der Waals surface area contributed by atoms with Crippen LogP contribution in [0.15, 0.2) is 30.3 Å². The van der Waals surface area contributed by atoms with Crippen molar-refractivity contribution in [1.29, 1.82) is 0 Å². The number of benzene rings is 1. The van der Waals surface area contributed by atoms with Gasteiger partial charge in [0.25, 0.3) is 0 Å². The highest BCUT2D eigenvalue weighted by Crippen LogP contribution is 2.34. The van der Waals surface area contributed by atoms with Crippen LogP contribution in [0.25, 0.3) is 0 Å². The van der Waals surface area contributed by atoms with Crippen molar-refractivity contribution in [3.8, 4) is 0 Å². The molecule has 0 aromatic heterocycles. The zero-order valence-electron chi connectivity index (χ0n) is 18.2. The van der Waals surface area contributed by atoms with E-state index in [9.17, 15) is 26.4 Å².